The van der Waals surface area contributed by atoms with Crippen LogP contribution in [0.3, 0.4) is 0 Å². The smallest absolute Gasteiger partial charge is 0.336 e. The fourth-order valence-electron chi connectivity index (χ4n) is 4.73. The molecule has 2 aromatic carbocycles. The van der Waals surface area contributed by atoms with Crippen molar-refractivity contribution in [3.63, 3.8) is 0 Å². The van der Waals surface area contributed by atoms with Gasteiger partial charge in [-0.15, -0.1) is 0 Å². The van der Waals surface area contributed by atoms with Gasteiger partial charge in [0.25, 0.3) is 0 Å². The van der Waals surface area contributed by atoms with Gasteiger partial charge in [0, 0.05) is 55.2 Å². The first-order chi connectivity index (χ1) is 15.5. The summed E-state index contributed by atoms with van der Waals surface area (Å²) in [6, 6.07) is 15.5. The van der Waals surface area contributed by atoms with E-state index in [2.05, 4.69) is 4.99 Å². The topological polar surface area (TPSA) is 62.9 Å². The molecule has 4 rings (SSSR count). The van der Waals surface area contributed by atoms with Crippen LogP contribution in [0, 0.1) is 18.8 Å². The number of likely N-dealkylation sites (tertiary alicyclic amines) is 1. The Morgan fingerprint density at radius 3 is 2.81 bits per heavy atom. The molecule has 0 aliphatic carbocycles. The zero-order valence-electron chi connectivity index (χ0n) is 19.0. The number of hydrogen-bond acceptors (Lipinski definition) is 4. The van der Waals surface area contributed by atoms with E-state index in [1.165, 1.54) is 0 Å². The van der Waals surface area contributed by atoms with E-state index in [1.54, 1.807) is 13.1 Å². The zero-order chi connectivity index (χ0) is 22.7. The number of rotatable bonds is 5. The third-order valence-electron chi connectivity index (χ3n) is 6.34. The van der Waals surface area contributed by atoms with Crippen molar-refractivity contribution in [2.24, 2.45) is 16.8 Å². The molecule has 1 amide bonds. The highest BCUT2D eigenvalue weighted by Gasteiger charge is 2.26. The second kappa shape index (κ2) is 9.51. The summed E-state index contributed by atoms with van der Waals surface area (Å²) in [5.74, 6) is 0.380. The van der Waals surface area contributed by atoms with Gasteiger partial charge in [-0.3, -0.25) is 4.79 Å². The average molecular weight is 431 g/mol. The quantitative estimate of drug-likeness (QED) is 0.428. The summed E-state index contributed by atoms with van der Waals surface area (Å²) in [6.07, 6.45) is 4.66. The number of piperidine rings is 1. The minimum absolute atomic E-state index is 0.143. The third-order valence-corrected chi connectivity index (χ3v) is 6.34. The molecule has 3 aromatic rings. The van der Waals surface area contributed by atoms with Gasteiger partial charge in [-0.1, -0.05) is 43.3 Å². The van der Waals surface area contributed by atoms with Crippen LogP contribution in [0.1, 0.15) is 30.9 Å². The molecule has 5 heteroatoms. The number of aliphatic imine (C=N–C) groups is 1. The fourth-order valence-corrected chi connectivity index (χ4v) is 4.73. The predicted octanol–water partition coefficient (Wildman–Crippen LogP) is 4.89. The van der Waals surface area contributed by atoms with Gasteiger partial charge in [0.15, 0.2) is 0 Å². The molecule has 0 spiro atoms. The first kappa shape index (κ1) is 22.0. The molecule has 0 radical (unpaired) electrons. The standard InChI is InChI=1S/C27H30N2O3/c1-18-7-4-5-9-22(18)24-15-26(30)32-25-14-20(10-11-23(24)25)13-19(2)27(31)29-12-6-8-21(17-29)16-28-3/h4-5,7,9-11,14-16,19,21H,6,8,12-13,17H2,1-3H3/t19?,21-/m1/s1. The van der Waals surface area contributed by atoms with Crippen molar-refractivity contribution in [1.82, 2.24) is 4.90 Å². The van der Waals surface area contributed by atoms with Crippen LogP contribution >= 0.6 is 0 Å². The lowest BCUT2D eigenvalue weighted by Gasteiger charge is -2.33. The molecule has 32 heavy (non-hydrogen) atoms. The lowest BCUT2D eigenvalue weighted by Crippen LogP contribution is -2.43. The molecular weight excluding hydrogens is 400 g/mol. The van der Waals surface area contributed by atoms with E-state index in [-0.39, 0.29) is 17.5 Å². The maximum absolute atomic E-state index is 13.1. The Balaban J connectivity index is 1.57. The van der Waals surface area contributed by atoms with Gasteiger partial charge in [-0.2, -0.15) is 0 Å². The minimum atomic E-state index is -0.367. The molecule has 1 fully saturated rings. The van der Waals surface area contributed by atoms with E-state index in [0.29, 0.717) is 17.9 Å². The van der Waals surface area contributed by atoms with Crippen LogP contribution < -0.4 is 5.63 Å². The van der Waals surface area contributed by atoms with Crippen molar-refractivity contribution in [3.05, 3.63) is 70.1 Å². The van der Waals surface area contributed by atoms with Crippen LogP contribution in [0.5, 0.6) is 0 Å². The average Bonchev–Trinajstić information content (AvgIpc) is 2.78. The summed E-state index contributed by atoms with van der Waals surface area (Å²) in [5.41, 5.74) is 4.20. The first-order valence-electron chi connectivity index (χ1n) is 11.3. The van der Waals surface area contributed by atoms with Crippen LogP contribution in [0.15, 0.2) is 62.7 Å². The van der Waals surface area contributed by atoms with Gasteiger partial charge in [0.1, 0.15) is 5.58 Å². The summed E-state index contributed by atoms with van der Waals surface area (Å²) >= 11 is 0. The molecule has 2 atom stereocenters. The molecule has 0 saturated carbocycles. The monoisotopic (exact) mass is 430 g/mol. The Morgan fingerprint density at radius 2 is 2.03 bits per heavy atom. The fraction of sp³-hybridized carbons (Fsp3) is 0.370. The Morgan fingerprint density at radius 1 is 1.22 bits per heavy atom. The number of hydrogen-bond donors (Lipinski definition) is 0. The van der Waals surface area contributed by atoms with E-state index in [4.69, 9.17) is 4.42 Å². The molecule has 2 heterocycles. The number of nitrogens with zero attached hydrogens (tertiary/aromatic N) is 2. The summed E-state index contributed by atoms with van der Waals surface area (Å²) in [4.78, 5) is 31.4. The van der Waals surface area contributed by atoms with Gasteiger partial charge in [-0.25, -0.2) is 4.79 Å². The number of carbonyl (C=O) groups excluding carboxylic acids is 1. The van der Waals surface area contributed by atoms with Gasteiger partial charge in [0.2, 0.25) is 5.91 Å². The SMILES string of the molecule is CN=C[C@H]1CCCN(C(=O)C(C)Cc2ccc3c(-c4ccccc4C)cc(=O)oc3c2)C1. The van der Waals surface area contributed by atoms with E-state index >= 15 is 0 Å². The second-order valence-electron chi connectivity index (χ2n) is 8.82. The second-order valence-corrected chi connectivity index (χ2v) is 8.82. The molecule has 5 nitrogen and oxygen atoms in total. The van der Waals surface area contributed by atoms with Crippen LogP contribution in [-0.4, -0.2) is 37.2 Å². The minimum Gasteiger partial charge on any atom is -0.423 e. The highest BCUT2D eigenvalue weighted by molar-refractivity contribution is 5.94. The van der Waals surface area contributed by atoms with Crippen molar-refractivity contribution in [1.29, 1.82) is 0 Å². The Labute approximate surface area is 188 Å². The van der Waals surface area contributed by atoms with E-state index < -0.39 is 0 Å². The summed E-state index contributed by atoms with van der Waals surface area (Å²) < 4.78 is 5.54. The maximum atomic E-state index is 13.1. The van der Waals surface area contributed by atoms with Crippen molar-refractivity contribution >= 4 is 23.1 Å². The van der Waals surface area contributed by atoms with Crippen LogP contribution in [0.4, 0.5) is 0 Å². The lowest BCUT2D eigenvalue weighted by molar-refractivity contribution is -0.136. The molecule has 0 bridgehead atoms. The Kier molecular flexibility index (Phi) is 6.54. The molecule has 1 saturated heterocycles. The number of fused-ring (bicyclic) bond motifs is 1. The summed E-state index contributed by atoms with van der Waals surface area (Å²) in [5, 5.41) is 0.902. The predicted molar refractivity (Wildman–Crippen MR) is 129 cm³/mol. The largest absolute Gasteiger partial charge is 0.423 e. The van der Waals surface area contributed by atoms with E-state index in [9.17, 15) is 9.59 Å². The lowest BCUT2D eigenvalue weighted by atomic mass is 9.94. The maximum Gasteiger partial charge on any atom is 0.336 e. The van der Waals surface area contributed by atoms with Gasteiger partial charge >= 0.3 is 5.63 Å². The number of carbonyl (C=O) groups is 1. The molecule has 1 aliphatic heterocycles. The van der Waals surface area contributed by atoms with E-state index in [1.807, 2.05) is 67.4 Å². The molecule has 166 valence electrons. The number of amides is 1. The number of benzene rings is 2. The molecule has 1 unspecified atom stereocenters. The highest BCUT2D eigenvalue weighted by Crippen LogP contribution is 2.30. The first-order valence-corrected chi connectivity index (χ1v) is 11.3. The Hall–Kier alpha value is -3.21. The Bertz CT molecular complexity index is 1210. The van der Waals surface area contributed by atoms with Crippen LogP contribution in [-0.2, 0) is 11.2 Å². The number of aryl methyl sites for hydroxylation is 1. The van der Waals surface area contributed by atoms with Crippen molar-refractivity contribution < 1.29 is 9.21 Å². The summed E-state index contributed by atoms with van der Waals surface area (Å²) in [7, 11) is 1.78. The van der Waals surface area contributed by atoms with Crippen molar-refractivity contribution in [2.45, 2.75) is 33.1 Å². The van der Waals surface area contributed by atoms with Gasteiger partial charge in [0.05, 0.1) is 0 Å². The zero-order valence-corrected chi connectivity index (χ0v) is 19.0. The van der Waals surface area contributed by atoms with E-state index in [0.717, 1.165) is 53.6 Å². The van der Waals surface area contributed by atoms with Crippen molar-refractivity contribution in [3.8, 4) is 11.1 Å². The highest BCUT2D eigenvalue weighted by atomic mass is 16.4. The third kappa shape index (κ3) is 4.67. The molecular formula is C27H30N2O3. The normalized spacial score (nSPS) is 17.7. The molecule has 1 aliphatic rings. The van der Waals surface area contributed by atoms with Gasteiger partial charge in [-0.05, 0) is 48.9 Å². The van der Waals surface area contributed by atoms with Crippen molar-refractivity contribution in [2.75, 3.05) is 20.1 Å². The molecule has 1 aromatic heterocycles. The molecule has 0 N–H and O–H groups in total. The van der Waals surface area contributed by atoms with Crippen LogP contribution in [0.25, 0.3) is 22.1 Å². The summed E-state index contributed by atoms with van der Waals surface area (Å²) in [6.45, 7) is 5.56. The van der Waals surface area contributed by atoms with Crippen LogP contribution in [0.2, 0.25) is 0 Å². The van der Waals surface area contributed by atoms with Gasteiger partial charge < -0.3 is 14.3 Å².